The van der Waals surface area contributed by atoms with Crippen molar-refractivity contribution in [2.24, 2.45) is 5.73 Å². The summed E-state index contributed by atoms with van der Waals surface area (Å²) in [7, 11) is 0. The number of halogens is 6. The van der Waals surface area contributed by atoms with Crippen LogP contribution in [-0.4, -0.2) is 10.2 Å². The van der Waals surface area contributed by atoms with Gasteiger partial charge in [0.25, 0.3) is 0 Å². The van der Waals surface area contributed by atoms with E-state index in [2.05, 4.69) is 10.2 Å². The molecule has 28 heavy (non-hydrogen) atoms. The molecule has 0 radical (unpaired) electrons. The second kappa shape index (κ2) is 8.61. The Morgan fingerprint density at radius 3 is 2.50 bits per heavy atom. The topological polar surface area (TPSA) is 54.7 Å². The fourth-order valence-corrected chi connectivity index (χ4v) is 4.00. The smallest absolute Gasteiger partial charge is 0.322 e. The fourth-order valence-electron chi connectivity index (χ4n) is 2.94. The number of nitrogens with zero attached hydrogens (tertiary/aromatic N) is 1. The van der Waals surface area contributed by atoms with Gasteiger partial charge in [-0.05, 0) is 76.0 Å². The van der Waals surface area contributed by atoms with Crippen molar-refractivity contribution >= 4 is 45.8 Å². The van der Waals surface area contributed by atoms with Crippen LogP contribution in [0, 0.1) is 3.57 Å². The SMILES string of the molecule is NC(Cc1ccc(Cl)c(Cl)c1)c1[nH]ncc1Cc1cc(I)cc(C(F)(F)F)c1. The highest BCUT2D eigenvalue weighted by Crippen LogP contribution is 2.32. The maximum atomic E-state index is 13.1. The molecule has 3 N–H and O–H groups in total. The predicted octanol–water partition coefficient (Wildman–Crippen LogP) is 6.17. The molecule has 0 fully saturated rings. The van der Waals surface area contributed by atoms with Crippen molar-refractivity contribution in [2.75, 3.05) is 0 Å². The Labute approximate surface area is 183 Å². The molecule has 0 saturated heterocycles. The molecule has 0 aliphatic carbocycles. The molecule has 3 rings (SSSR count). The molecular formula is C19H15Cl2F3IN3. The van der Waals surface area contributed by atoms with Crippen molar-refractivity contribution < 1.29 is 13.2 Å². The quantitative estimate of drug-likeness (QED) is 0.381. The lowest BCUT2D eigenvalue weighted by Crippen LogP contribution is -2.16. The Morgan fingerprint density at radius 2 is 1.82 bits per heavy atom. The van der Waals surface area contributed by atoms with Gasteiger partial charge in [0.15, 0.2) is 0 Å². The van der Waals surface area contributed by atoms with Crippen LogP contribution >= 0.6 is 45.8 Å². The fraction of sp³-hybridized carbons (Fsp3) is 0.211. The highest BCUT2D eigenvalue weighted by atomic mass is 127. The van der Waals surface area contributed by atoms with E-state index in [0.717, 1.165) is 23.3 Å². The Bertz CT molecular complexity index is 989. The average molecular weight is 540 g/mol. The number of hydrogen-bond donors (Lipinski definition) is 2. The van der Waals surface area contributed by atoms with Gasteiger partial charge in [0.1, 0.15) is 0 Å². The first kappa shape index (κ1) is 21.4. The molecule has 9 heteroatoms. The van der Waals surface area contributed by atoms with E-state index in [0.29, 0.717) is 37.7 Å². The third-order valence-electron chi connectivity index (χ3n) is 4.24. The van der Waals surface area contributed by atoms with Crippen LogP contribution < -0.4 is 5.73 Å². The zero-order valence-electron chi connectivity index (χ0n) is 14.3. The van der Waals surface area contributed by atoms with Gasteiger partial charge in [-0.25, -0.2) is 0 Å². The largest absolute Gasteiger partial charge is 0.416 e. The summed E-state index contributed by atoms with van der Waals surface area (Å²) in [6, 6.07) is 8.86. The number of benzene rings is 2. The van der Waals surface area contributed by atoms with Gasteiger partial charge in [-0.3, -0.25) is 5.10 Å². The van der Waals surface area contributed by atoms with E-state index in [1.165, 1.54) is 0 Å². The summed E-state index contributed by atoms with van der Waals surface area (Å²) in [6.07, 6.45) is -2.02. The summed E-state index contributed by atoms with van der Waals surface area (Å²) in [5.41, 5.74) is 8.52. The first-order chi connectivity index (χ1) is 13.1. The Balaban J connectivity index is 1.82. The Kier molecular flexibility index (Phi) is 6.58. The Hall–Kier alpha value is -1.29. The van der Waals surface area contributed by atoms with Crippen LogP contribution in [0.5, 0.6) is 0 Å². The first-order valence-corrected chi connectivity index (χ1v) is 10.1. The molecule has 148 valence electrons. The van der Waals surface area contributed by atoms with Crippen molar-refractivity contribution in [3.63, 3.8) is 0 Å². The summed E-state index contributed by atoms with van der Waals surface area (Å²) < 4.78 is 39.7. The molecule has 0 amide bonds. The minimum Gasteiger partial charge on any atom is -0.322 e. The summed E-state index contributed by atoms with van der Waals surface area (Å²) in [6.45, 7) is 0. The molecule has 0 aliphatic rings. The number of hydrogen-bond acceptors (Lipinski definition) is 2. The summed E-state index contributed by atoms with van der Waals surface area (Å²) in [5.74, 6) is 0. The van der Waals surface area contributed by atoms with E-state index < -0.39 is 17.8 Å². The van der Waals surface area contributed by atoms with E-state index in [4.69, 9.17) is 28.9 Å². The monoisotopic (exact) mass is 539 g/mol. The van der Waals surface area contributed by atoms with Gasteiger partial charge in [-0.15, -0.1) is 0 Å². The summed E-state index contributed by atoms with van der Waals surface area (Å²) >= 11 is 13.9. The third kappa shape index (κ3) is 5.20. The van der Waals surface area contributed by atoms with Crippen LogP contribution in [0.4, 0.5) is 13.2 Å². The van der Waals surface area contributed by atoms with Crippen LogP contribution in [0.3, 0.4) is 0 Å². The molecule has 0 saturated carbocycles. The minimum absolute atomic E-state index is 0.292. The number of aromatic amines is 1. The molecule has 3 aromatic rings. The van der Waals surface area contributed by atoms with Crippen LogP contribution in [0.15, 0.2) is 42.6 Å². The van der Waals surface area contributed by atoms with Crippen molar-refractivity contribution in [1.29, 1.82) is 0 Å². The van der Waals surface area contributed by atoms with Gasteiger partial charge in [0, 0.05) is 9.99 Å². The molecular weight excluding hydrogens is 525 g/mol. The molecule has 0 aliphatic heterocycles. The lowest BCUT2D eigenvalue weighted by molar-refractivity contribution is -0.137. The number of H-pyrrole nitrogens is 1. The highest BCUT2D eigenvalue weighted by Gasteiger charge is 2.31. The van der Waals surface area contributed by atoms with E-state index >= 15 is 0 Å². The highest BCUT2D eigenvalue weighted by molar-refractivity contribution is 14.1. The lowest BCUT2D eigenvalue weighted by Gasteiger charge is -2.14. The molecule has 2 aromatic carbocycles. The lowest BCUT2D eigenvalue weighted by atomic mass is 9.97. The van der Waals surface area contributed by atoms with Crippen LogP contribution in [0.1, 0.15) is 34.0 Å². The van der Waals surface area contributed by atoms with Gasteiger partial charge >= 0.3 is 6.18 Å². The number of alkyl halides is 3. The second-order valence-corrected chi connectivity index (χ2v) is 8.45. The molecule has 1 heterocycles. The van der Waals surface area contributed by atoms with Crippen molar-refractivity contribution in [1.82, 2.24) is 10.2 Å². The maximum absolute atomic E-state index is 13.1. The number of nitrogens with two attached hydrogens (primary N) is 1. The average Bonchev–Trinajstić information content (AvgIpc) is 3.05. The van der Waals surface area contributed by atoms with Crippen molar-refractivity contribution in [3.05, 3.63) is 84.2 Å². The number of rotatable bonds is 5. The van der Waals surface area contributed by atoms with E-state index in [-0.39, 0.29) is 0 Å². The first-order valence-electron chi connectivity index (χ1n) is 8.22. The van der Waals surface area contributed by atoms with Crippen LogP contribution in [0.25, 0.3) is 0 Å². The van der Waals surface area contributed by atoms with Gasteiger partial charge in [0.2, 0.25) is 0 Å². The zero-order chi connectivity index (χ0) is 20.5. The predicted molar refractivity (Wildman–Crippen MR) is 113 cm³/mol. The van der Waals surface area contributed by atoms with Crippen molar-refractivity contribution in [2.45, 2.75) is 25.1 Å². The molecule has 1 unspecified atom stereocenters. The number of aromatic nitrogens is 2. The van der Waals surface area contributed by atoms with Gasteiger partial charge in [0.05, 0.1) is 33.5 Å². The Morgan fingerprint density at radius 1 is 1.07 bits per heavy atom. The maximum Gasteiger partial charge on any atom is 0.416 e. The van der Waals surface area contributed by atoms with E-state index in [9.17, 15) is 13.2 Å². The van der Waals surface area contributed by atoms with Crippen LogP contribution in [0.2, 0.25) is 10.0 Å². The standard InChI is InChI=1S/C19H15Cl2F3IN3/c20-15-2-1-10(6-16(15)21)7-17(26)18-12(9-27-28-18)3-11-4-13(19(22,23)24)8-14(25)5-11/h1-2,4-6,8-9,17H,3,7,26H2,(H,27,28). The molecule has 1 atom stereocenters. The van der Waals surface area contributed by atoms with E-state index in [1.807, 2.05) is 28.7 Å². The van der Waals surface area contributed by atoms with Crippen LogP contribution in [-0.2, 0) is 19.0 Å². The van der Waals surface area contributed by atoms with Gasteiger partial charge in [-0.1, -0.05) is 29.3 Å². The van der Waals surface area contributed by atoms with Crippen molar-refractivity contribution in [3.8, 4) is 0 Å². The number of nitrogens with one attached hydrogen (secondary N) is 1. The molecule has 1 aromatic heterocycles. The normalized spacial score (nSPS) is 13.0. The molecule has 0 bridgehead atoms. The third-order valence-corrected chi connectivity index (χ3v) is 5.60. The minimum atomic E-state index is -4.39. The molecule has 0 spiro atoms. The second-order valence-electron chi connectivity index (χ2n) is 6.39. The zero-order valence-corrected chi connectivity index (χ0v) is 18.0. The van der Waals surface area contributed by atoms with Gasteiger partial charge < -0.3 is 5.73 Å². The summed E-state index contributed by atoms with van der Waals surface area (Å²) in [4.78, 5) is 0. The molecule has 3 nitrogen and oxygen atoms in total. The van der Waals surface area contributed by atoms with E-state index in [1.54, 1.807) is 24.4 Å². The van der Waals surface area contributed by atoms with Gasteiger partial charge in [-0.2, -0.15) is 18.3 Å². The summed E-state index contributed by atoms with van der Waals surface area (Å²) in [5, 5.41) is 7.80.